The van der Waals surface area contributed by atoms with Gasteiger partial charge in [-0.05, 0) is 57.8 Å². The van der Waals surface area contributed by atoms with E-state index >= 15 is 0 Å². The van der Waals surface area contributed by atoms with E-state index in [0.717, 1.165) is 77.0 Å². The molecule has 0 heterocycles. The van der Waals surface area contributed by atoms with Crippen molar-refractivity contribution in [3.05, 3.63) is 109 Å². The number of esters is 3. The predicted octanol–water partition coefficient (Wildman–Crippen LogP) is 16.8. The van der Waals surface area contributed by atoms with E-state index in [2.05, 4.69) is 45.1 Å². The Labute approximate surface area is 387 Å². The molecule has 6 nitrogen and oxygen atoms in total. The average molecular weight is 873 g/mol. The first-order valence-electron chi connectivity index (χ1n) is 25.5. The third-order valence-electron chi connectivity index (χ3n) is 10.5. The third-order valence-corrected chi connectivity index (χ3v) is 10.5. The Kier molecular flexibility index (Phi) is 47.5. The molecule has 0 saturated carbocycles. The van der Waals surface area contributed by atoms with Gasteiger partial charge in [-0.1, -0.05) is 246 Å². The van der Waals surface area contributed by atoms with E-state index in [1.807, 2.05) is 85.1 Å². The number of carbonyl (C=O) groups is 3. The van der Waals surface area contributed by atoms with Gasteiger partial charge in [-0.3, -0.25) is 14.4 Å². The van der Waals surface area contributed by atoms with E-state index in [9.17, 15) is 14.4 Å². The number of ether oxygens (including phenoxy) is 3. The second kappa shape index (κ2) is 50.7. The van der Waals surface area contributed by atoms with Crippen LogP contribution in [0.15, 0.2) is 109 Å². The van der Waals surface area contributed by atoms with Crippen molar-refractivity contribution in [1.82, 2.24) is 0 Å². The summed E-state index contributed by atoms with van der Waals surface area (Å²) < 4.78 is 16.7. The molecular formula is C57H92O6. The lowest BCUT2D eigenvalue weighted by molar-refractivity contribution is -0.167. The molecule has 1 atom stereocenters. The summed E-state index contributed by atoms with van der Waals surface area (Å²) in [6.07, 6.45) is 67.9. The minimum atomic E-state index is -0.816. The van der Waals surface area contributed by atoms with Gasteiger partial charge in [-0.15, -0.1) is 0 Å². The Hall–Kier alpha value is -3.93. The zero-order chi connectivity index (χ0) is 45.8. The van der Waals surface area contributed by atoms with Crippen LogP contribution in [0.1, 0.15) is 213 Å². The second-order valence-corrected chi connectivity index (χ2v) is 16.5. The largest absolute Gasteiger partial charge is 0.462 e. The Balaban J connectivity index is 4.50. The average Bonchev–Trinajstić information content (AvgIpc) is 3.28. The lowest BCUT2D eigenvalue weighted by Gasteiger charge is -2.18. The van der Waals surface area contributed by atoms with Crippen LogP contribution in [0.5, 0.6) is 0 Å². The standard InChI is InChI=1S/C57H92O6/c1-4-7-10-13-16-19-22-25-27-28-30-32-35-38-41-44-47-50-56(59)62-53-54(52-61-55(58)49-46-43-40-37-34-31-24-21-18-15-12-9-6-3)63-57(60)51-48-45-42-39-36-33-29-26-23-20-17-14-11-8-5-2/h8-9,11-12,14-15,17-18,20-21,23-24,26,29,31,33-34,36,54H,4-7,10,13,16,19,22,25,27-28,30,32,35,37-53H2,1-3H3/b11-8+,12-9+,17-14+,18-15+,23-20+,24-21+,29-26+,34-31+,36-33+. The van der Waals surface area contributed by atoms with Gasteiger partial charge in [-0.2, -0.15) is 0 Å². The normalized spacial score (nSPS) is 13.0. The van der Waals surface area contributed by atoms with Crippen molar-refractivity contribution in [3.63, 3.8) is 0 Å². The summed E-state index contributed by atoms with van der Waals surface area (Å²) >= 11 is 0. The fraction of sp³-hybridized carbons (Fsp3) is 0.632. The molecule has 0 fully saturated rings. The van der Waals surface area contributed by atoms with Crippen LogP contribution in [-0.2, 0) is 28.6 Å². The fourth-order valence-electron chi connectivity index (χ4n) is 6.71. The van der Waals surface area contributed by atoms with E-state index in [0.29, 0.717) is 19.3 Å². The van der Waals surface area contributed by atoms with E-state index < -0.39 is 6.10 Å². The molecule has 0 spiro atoms. The maximum atomic E-state index is 12.8. The van der Waals surface area contributed by atoms with Gasteiger partial charge < -0.3 is 14.2 Å². The monoisotopic (exact) mass is 873 g/mol. The maximum absolute atomic E-state index is 12.8. The Morgan fingerprint density at radius 2 is 0.619 bits per heavy atom. The van der Waals surface area contributed by atoms with Crippen molar-refractivity contribution in [2.24, 2.45) is 0 Å². The van der Waals surface area contributed by atoms with Crippen molar-refractivity contribution in [3.8, 4) is 0 Å². The highest BCUT2D eigenvalue weighted by molar-refractivity contribution is 5.71. The molecule has 0 aromatic heterocycles. The molecule has 0 aliphatic carbocycles. The van der Waals surface area contributed by atoms with Gasteiger partial charge in [-0.25, -0.2) is 0 Å². The summed E-state index contributed by atoms with van der Waals surface area (Å²) in [4.78, 5) is 37.9. The number of hydrogen-bond acceptors (Lipinski definition) is 6. The first-order chi connectivity index (χ1) is 31.0. The molecule has 0 N–H and O–H groups in total. The molecule has 0 amide bonds. The molecule has 0 saturated heterocycles. The quantitative estimate of drug-likeness (QED) is 0.0263. The number of carbonyl (C=O) groups excluding carboxylic acids is 3. The van der Waals surface area contributed by atoms with E-state index in [1.165, 1.54) is 89.9 Å². The second-order valence-electron chi connectivity index (χ2n) is 16.5. The fourth-order valence-corrected chi connectivity index (χ4v) is 6.71. The van der Waals surface area contributed by atoms with Crippen LogP contribution in [0.2, 0.25) is 0 Å². The van der Waals surface area contributed by atoms with Gasteiger partial charge in [0, 0.05) is 19.3 Å². The van der Waals surface area contributed by atoms with Gasteiger partial charge in [0.25, 0.3) is 0 Å². The summed E-state index contributed by atoms with van der Waals surface area (Å²) in [5.41, 5.74) is 0. The first-order valence-corrected chi connectivity index (χ1v) is 25.5. The lowest BCUT2D eigenvalue weighted by Crippen LogP contribution is -2.30. The molecule has 0 aliphatic rings. The van der Waals surface area contributed by atoms with Crippen LogP contribution >= 0.6 is 0 Å². The lowest BCUT2D eigenvalue weighted by atomic mass is 10.0. The zero-order valence-corrected chi connectivity index (χ0v) is 40.5. The van der Waals surface area contributed by atoms with Crippen molar-refractivity contribution >= 4 is 17.9 Å². The van der Waals surface area contributed by atoms with Crippen molar-refractivity contribution in [1.29, 1.82) is 0 Å². The molecule has 6 heteroatoms. The number of rotatable bonds is 44. The molecule has 0 aromatic carbocycles. The van der Waals surface area contributed by atoms with Crippen molar-refractivity contribution in [2.75, 3.05) is 13.2 Å². The number of unbranched alkanes of at least 4 members (excludes halogenated alkanes) is 22. The molecule has 0 rings (SSSR count). The SMILES string of the molecule is CC/C=C/C=C/C=C/C=C/C=C/CCCCCC(=O)OC(COC(=O)CCCCC/C=C/C=C/C=C/C=C/CC)COC(=O)CCCCCCCCCCCCCCCCCCC. The van der Waals surface area contributed by atoms with Crippen molar-refractivity contribution < 1.29 is 28.6 Å². The molecule has 0 aromatic rings. The predicted molar refractivity (Wildman–Crippen MR) is 270 cm³/mol. The van der Waals surface area contributed by atoms with Crippen LogP contribution < -0.4 is 0 Å². The molecule has 0 radical (unpaired) electrons. The minimum absolute atomic E-state index is 0.109. The van der Waals surface area contributed by atoms with Crippen LogP contribution in [0.25, 0.3) is 0 Å². The zero-order valence-electron chi connectivity index (χ0n) is 40.5. The highest BCUT2D eigenvalue weighted by Gasteiger charge is 2.19. The maximum Gasteiger partial charge on any atom is 0.306 e. The molecule has 0 bridgehead atoms. The van der Waals surface area contributed by atoms with E-state index in [-0.39, 0.29) is 37.5 Å². The highest BCUT2D eigenvalue weighted by Crippen LogP contribution is 2.15. The molecule has 0 aliphatic heterocycles. The Morgan fingerprint density at radius 1 is 0.333 bits per heavy atom. The Bertz CT molecular complexity index is 1330. The van der Waals surface area contributed by atoms with Crippen LogP contribution in [0, 0.1) is 0 Å². The highest BCUT2D eigenvalue weighted by atomic mass is 16.6. The summed E-state index contributed by atoms with van der Waals surface area (Å²) in [5, 5.41) is 0. The van der Waals surface area contributed by atoms with Crippen LogP contribution in [0.3, 0.4) is 0 Å². The Morgan fingerprint density at radius 3 is 0.968 bits per heavy atom. The summed E-state index contributed by atoms with van der Waals surface area (Å²) in [6.45, 7) is 6.28. The molecular weight excluding hydrogens is 781 g/mol. The van der Waals surface area contributed by atoms with Crippen LogP contribution in [-0.4, -0.2) is 37.2 Å². The first kappa shape index (κ1) is 59.1. The van der Waals surface area contributed by atoms with E-state index in [4.69, 9.17) is 14.2 Å². The van der Waals surface area contributed by atoms with Crippen molar-refractivity contribution in [2.45, 2.75) is 219 Å². The number of allylic oxidation sites excluding steroid dienone is 18. The van der Waals surface area contributed by atoms with Crippen LogP contribution in [0.4, 0.5) is 0 Å². The molecule has 356 valence electrons. The van der Waals surface area contributed by atoms with E-state index in [1.54, 1.807) is 0 Å². The van der Waals surface area contributed by atoms with Gasteiger partial charge in [0.1, 0.15) is 13.2 Å². The summed E-state index contributed by atoms with van der Waals surface area (Å²) in [7, 11) is 0. The number of hydrogen-bond donors (Lipinski definition) is 0. The summed E-state index contributed by atoms with van der Waals surface area (Å²) in [6, 6.07) is 0. The minimum Gasteiger partial charge on any atom is -0.462 e. The topological polar surface area (TPSA) is 78.9 Å². The third kappa shape index (κ3) is 49.0. The molecule has 1 unspecified atom stereocenters. The summed E-state index contributed by atoms with van der Waals surface area (Å²) in [5.74, 6) is -0.995. The van der Waals surface area contributed by atoms with Gasteiger partial charge in [0.05, 0.1) is 0 Å². The molecule has 63 heavy (non-hydrogen) atoms. The van der Waals surface area contributed by atoms with Gasteiger partial charge in [0.15, 0.2) is 6.10 Å². The van der Waals surface area contributed by atoms with Gasteiger partial charge >= 0.3 is 17.9 Å². The smallest absolute Gasteiger partial charge is 0.306 e. The van der Waals surface area contributed by atoms with Gasteiger partial charge in [0.2, 0.25) is 0 Å².